The number of carbonyl (C=O) groups is 1. The number of carboxylic acids is 1. The first-order valence-electron chi connectivity index (χ1n) is 6.56. The van der Waals surface area contributed by atoms with Crippen molar-refractivity contribution in [2.24, 2.45) is 5.73 Å². The molecule has 1 fully saturated rings. The number of aliphatic carboxylic acids is 1. The van der Waals surface area contributed by atoms with Crippen molar-refractivity contribution in [1.29, 1.82) is 0 Å². The molecule has 0 saturated carbocycles. The zero-order valence-corrected chi connectivity index (χ0v) is 11.1. The molecule has 0 amide bonds. The van der Waals surface area contributed by atoms with Gasteiger partial charge in [0.05, 0.1) is 12.3 Å². The molecule has 19 heavy (non-hydrogen) atoms. The van der Waals surface area contributed by atoms with Crippen LogP contribution in [0.15, 0.2) is 24.3 Å². The molecule has 2 rings (SSSR count). The third kappa shape index (κ3) is 2.81. The Labute approximate surface area is 113 Å². The predicted octanol–water partition coefficient (Wildman–Crippen LogP) is 1.47. The van der Waals surface area contributed by atoms with Crippen LogP contribution in [-0.4, -0.2) is 36.3 Å². The van der Waals surface area contributed by atoms with Crippen molar-refractivity contribution >= 4 is 11.7 Å². The molecule has 5 nitrogen and oxygen atoms in total. The Hall–Kier alpha value is -1.75. The Bertz CT molecular complexity index is 464. The largest absolute Gasteiger partial charge is 0.492 e. The van der Waals surface area contributed by atoms with Crippen LogP contribution in [0.3, 0.4) is 0 Å². The average molecular weight is 264 g/mol. The van der Waals surface area contributed by atoms with Crippen LogP contribution in [0.2, 0.25) is 0 Å². The molecule has 0 bridgehead atoms. The smallest absolute Gasteiger partial charge is 0.325 e. The molecular formula is C14H20N2O3. The number of benzene rings is 1. The number of hydrogen-bond donors (Lipinski definition) is 2. The summed E-state index contributed by atoms with van der Waals surface area (Å²) in [5.74, 6) is -0.161. The first-order chi connectivity index (χ1) is 9.07. The first-order valence-corrected chi connectivity index (χ1v) is 6.56. The fraction of sp³-hybridized carbons (Fsp3) is 0.500. The molecule has 1 unspecified atom stereocenters. The van der Waals surface area contributed by atoms with E-state index in [-0.39, 0.29) is 0 Å². The van der Waals surface area contributed by atoms with Gasteiger partial charge >= 0.3 is 5.97 Å². The zero-order valence-electron chi connectivity index (χ0n) is 11.1. The molecule has 0 spiro atoms. The quantitative estimate of drug-likeness (QED) is 0.861. The van der Waals surface area contributed by atoms with Crippen LogP contribution in [0.5, 0.6) is 5.75 Å². The van der Waals surface area contributed by atoms with E-state index in [2.05, 4.69) is 0 Å². The highest BCUT2D eigenvalue weighted by Crippen LogP contribution is 2.32. The van der Waals surface area contributed by atoms with Gasteiger partial charge in [0.1, 0.15) is 11.3 Å². The van der Waals surface area contributed by atoms with Crippen LogP contribution in [-0.2, 0) is 4.79 Å². The van der Waals surface area contributed by atoms with E-state index in [0.717, 1.165) is 24.4 Å². The van der Waals surface area contributed by atoms with E-state index in [0.29, 0.717) is 19.6 Å². The molecule has 1 aliphatic rings. The van der Waals surface area contributed by atoms with E-state index in [1.54, 1.807) is 0 Å². The van der Waals surface area contributed by atoms with Crippen molar-refractivity contribution in [1.82, 2.24) is 0 Å². The van der Waals surface area contributed by atoms with Gasteiger partial charge in [-0.3, -0.25) is 4.79 Å². The van der Waals surface area contributed by atoms with E-state index in [1.807, 2.05) is 36.1 Å². The summed E-state index contributed by atoms with van der Waals surface area (Å²) in [6.45, 7) is 3.62. The van der Waals surface area contributed by atoms with Crippen molar-refractivity contribution in [2.75, 3.05) is 24.6 Å². The Morgan fingerprint density at radius 1 is 1.53 bits per heavy atom. The molecule has 1 aromatic rings. The topological polar surface area (TPSA) is 75.8 Å². The molecule has 5 heteroatoms. The lowest BCUT2D eigenvalue weighted by atomic mass is 9.90. The van der Waals surface area contributed by atoms with E-state index in [4.69, 9.17) is 10.5 Å². The average Bonchev–Trinajstić information content (AvgIpc) is 2.40. The Balaban J connectivity index is 2.24. The molecule has 104 valence electrons. The third-order valence-electron chi connectivity index (χ3n) is 3.46. The highest BCUT2D eigenvalue weighted by atomic mass is 16.5. The fourth-order valence-corrected chi connectivity index (χ4v) is 2.46. The third-order valence-corrected chi connectivity index (χ3v) is 3.46. The lowest BCUT2D eigenvalue weighted by Crippen LogP contribution is -2.59. The Morgan fingerprint density at radius 3 is 2.95 bits per heavy atom. The van der Waals surface area contributed by atoms with Crippen molar-refractivity contribution < 1.29 is 14.6 Å². The zero-order chi connectivity index (χ0) is 13.9. The highest BCUT2D eigenvalue weighted by Gasteiger charge is 2.39. The van der Waals surface area contributed by atoms with Crippen LogP contribution in [0.4, 0.5) is 5.69 Å². The van der Waals surface area contributed by atoms with Gasteiger partial charge in [-0.25, -0.2) is 0 Å². The summed E-state index contributed by atoms with van der Waals surface area (Å²) in [7, 11) is 0. The first kappa shape index (κ1) is 13.7. The molecule has 0 aromatic heterocycles. The lowest BCUT2D eigenvalue weighted by Gasteiger charge is -2.39. The van der Waals surface area contributed by atoms with Gasteiger partial charge in [0.2, 0.25) is 0 Å². The van der Waals surface area contributed by atoms with Gasteiger partial charge in [0, 0.05) is 13.1 Å². The summed E-state index contributed by atoms with van der Waals surface area (Å²) in [6.07, 6.45) is 1.28. The Morgan fingerprint density at radius 2 is 2.26 bits per heavy atom. The van der Waals surface area contributed by atoms with Crippen molar-refractivity contribution in [3.63, 3.8) is 0 Å². The normalized spacial score (nSPS) is 23.2. The van der Waals surface area contributed by atoms with E-state index >= 15 is 0 Å². The van der Waals surface area contributed by atoms with E-state index in [9.17, 15) is 9.90 Å². The number of piperidine rings is 1. The van der Waals surface area contributed by atoms with Gasteiger partial charge < -0.3 is 20.5 Å². The van der Waals surface area contributed by atoms with Gasteiger partial charge in [-0.1, -0.05) is 12.1 Å². The van der Waals surface area contributed by atoms with Gasteiger partial charge in [-0.2, -0.15) is 0 Å². The van der Waals surface area contributed by atoms with Crippen LogP contribution in [0, 0.1) is 0 Å². The second kappa shape index (κ2) is 5.48. The van der Waals surface area contributed by atoms with Gasteiger partial charge in [0.15, 0.2) is 0 Å². The van der Waals surface area contributed by atoms with Crippen molar-refractivity contribution in [3.8, 4) is 5.75 Å². The van der Waals surface area contributed by atoms with Crippen molar-refractivity contribution in [2.45, 2.75) is 25.3 Å². The molecule has 1 saturated heterocycles. The number of carboxylic acid groups (broad SMARTS) is 1. The summed E-state index contributed by atoms with van der Waals surface area (Å²) >= 11 is 0. The number of nitrogens with two attached hydrogens (primary N) is 1. The predicted molar refractivity (Wildman–Crippen MR) is 73.6 cm³/mol. The SMILES string of the molecule is CCOc1ccccc1N1CCCC(N)(C(=O)O)C1. The second-order valence-corrected chi connectivity index (χ2v) is 4.89. The summed E-state index contributed by atoms with van der Waals surface area (Å²) in [5, 5.41) is 9.25. The minimum Gasteiger partial charge on any atom is -0.492 e. The lowest BCUT2D eigenvalue weighted by molar-refractivity contribution is -0.143. The van der Waals surface area contributed by atoms with Crippen LogP contribution < -0.4 is 15.4 Å². The van der Waals surface area contributed by atoms with Crippen LogP contribution in [0.25, 0.3) is 0 Å². The van der Waals surface area contributed by atoms with E-state index < -0.39 is 11.5 Å². The molecule has 1 atom stereocenters. The summed E-state index contributed by atoms with van der Waals surface area (Å²) in [6, 6.07) is 7.67. The second-order valence-electron chi connectivity index (χ2n) is 4.89. The van der Waals surface area contributed by atoms with Crippen LogP contribution in [0.1, 0.15) is 19.8 Å². The number of rotatable bonds is 4. The van der Waals surface area contributed by atoms with Crippen LogP contribution >= 0.6 is 0 Å². The summed E-state index contributed by atoms with van der Waals surface area (Å²) < 4.78 is 5.59. The number of para-hydroxylation sites is 2. The van der Waals surface area contributed by atoms with Gasteiger partial charge in [-0.05, 0) is 31.9 Å². The Kier molecular flexibility index (Phi) is 3.95. The number of anilines is 1. The van der Waals surface area contributed by atoms with Crippen molar-refractivity contribution in [3.05, 3.63) is 24.3 Å². The summed E-state index contributed by atoms with van der Waals surface area (Å²) in [4.78, 5) is 13.3. The maximum atomic E-state index is 11.3. The molecule has 1 aromatic carbocycles. The molecule has 1 heterocycles. The van der Waals surface area contributed by atoms with Gasteiger partial charge in [-0.15, -0.1) is 0 Å². The van der Waals surface area contributed by atoms with E-state index in [1.165, 1.54) is 0 Å². The minimum absolute atomic E-state index is 0.312. The standard InChI is InChI=1S/C14H20N2O3/c1-2-19-12-7-4-3-6-11(12)16-9-5-8-14(15,10-16)13(17)18/h3-4,6-7H,2,5,8-10,15H2,1H3,(H,17,18). The monoisotopic (exact) mass is 264 g/mol. The summed E-state index contributed by atoms with van der Waals surface area (Å²) in [5.41, 5.74) is 5.72. The maximum absolute atomic E-state index is 11.3. The fourth-order valence-electron chi connectivity index (χ4n) is 2.46. The molecule has 1 aliphatic heterocycles. The minimum atomic E-state index is -1.17. The number of hydrogen-bond acceptors (Lipinski definition) is 4. The molecular weight excluding hydrogens is 244 g/mol. The number of ether oxygens (including phenoxy) is 1. The highest BCUT2D eigenvalue weighted by molar-refractivity contribution is 5.80. The molecule has 0 aliphatic carbocycles. The molecule has 3 N–H and O–H groups in total. The molecule has 0 radical (unpaired) electrons. The number of nitrogens with zero attached hydrogens (tertiary/aromatic N) is 1. The van der Waals surface area contributed by atoms with Gasteiger partial charge in [0.25, 0.3) is 0 Å². The maximum Gasteiger partial charge on any atom is 0.325 e.